The zero-order valence-corrected chi connectivity index (χ0v) is 20.6. The second-order valence-corrected chi connectivity index (χ2v) is 8.49. The molecule has 170 valence electrons. The van der Waals surface area contributed by atoms with Gasteiger partial charge in [-0.15, -0.1) is 0 Å². The van der Waals surface area contributed by atoms with Crippen molar-refractivity contribution in [2.75, 3.05) is 38.0 Å². The van der Waals surface area contributed by atoms with E-state index in [1.54, 1.807) is 4.90 Å². The molecule has 2 N–H and O–H groups in total. The van der Waals surface area contributed by atoms with Crippen molar-refractivity contribution in [3.05, 3.63) is 28.7 Å². The molecular formula is C23H39BrN4O2. The third kappa shape index (κ3) is 10.4. The summed E-state index contributed by atoms with van der Waals surface area (Å²) in [6, 6.07) is 7.50. The second-order valence-electron chi connectivity index (χ2n) is 7.64. The monoisotopic (exact) mass is 482 g/mol. The number of amides is 3. The molecule has 0 aromatic heterocycles. The maximum atomic E-state index is 12.7. The second kappa shape index (κ2) is 15.2. The highest BCUT2D eigenvalue weighted by atomic mass is 79.9. The summed E-state index contributed by atoms with van der Waals surface area (Å²) in [6.45, 7) is 12.7. The van der Waals surface area contributed by atoms with E-state index in [1.165, 1.54) is 0 Å². The number of hydrogen-bond acceptors (Lipinski definition) is 3. The fraction of sp³-hybridized carbons (Fsp3) is 0.652. The summed E-state index contributed by atoms with van der Waals surface area (Å²) in [6.07, 6.45) is 4.25. The Balaban J connectivity index is 2.47. The molecule has 1 unspecified atom stereocenters. The molecule has 3 amide bonds. The van der Waals surface area contributed by atoms with Gasteiger partial charge in [0.05, 0.1) is 5.69 Å². The van der Waals surface area contributed by atoms with Crippen LogP contribution in [0.4, 0.5) is 10.5 Å². The minimum atomic E-state index is -0.171. The minimum Gasteiger partial charge on any atom is -0.354 e. The number of nitrogens with zero attached hydrogens (tertiary/aromatic N) is 2. The Hall–Kier alpha value is -1.60. The SMILES string of the molecule is CCCCN(CCC(=O)NC(C)CCCN(CC)CC)C(=O)Nc1ccccc1Br. The Morgan fingerprint density at radius 3 is 2.37 bits per heavy atom. The number of para-hydroxylation sites is 1. The third-order valence-electron chi connectivity index (χ3n) is 5.21. The number of carbonyl (C=O) groups is 2. The summed E-state index contributed by atoms with van der Waals surface area (Å²) >= 11 is 3.45. The van der Waals surface area contributed by atoms with Crippen LogP contribution in [0.5, 0.6) is 0 Å². The van der Waals surface area contributed by atoms with E-state index in [-0.39, 0.29) is 18.0 Å². The number of hydrogen-bond donors (Lipinski definition) is 2. The lowest BCUT2D eigenvalue weighted by Gasteiger charge is -2.24. The van der Waals surface area contributed by atoms with Crippen molar-refractivity contribution < 1.29 is 9.59 Å². The number of anilines is 1. The van der Waals surface area contributed by atoms with E-state index in [0.717, 1.165) is 55.5 Å². The van der Waals surface area contributed by atoms with Crippen LogP contribution < -0.4 is 10.6 Å². The van der Waals surface area contributed by atoms with Crippen LogP contribution in [-0.4, -0.2) is 60.5 Å². The highest BCUT2D eigenvalue weighted by Gasteiger charge is 2.16. The van der Waals surface area contributed by atoms with Gasteiger partial charge in [0.15, 0.2) is 0 Å². The summed E-state index contributed by atoms with van der Waals surface area (Å²) in [5.74, 6) is 0.000490. The third-order valence-corrected chi connectivity index (χ3v) is 5.90. The van der Waals surface area contributed by atoms with Gasteiger partial charge in [0.1, 0.15) is 0 Å². The quantitative estimate of drug-likeness (QED) is 0.387. The van der Waals surface area contributed by atoms with E-state index in [1.807, 2.05) is 24.3 Å². The average Bonchev–Trinajstić information content (AvgIpc) is 2.72. The van der Waals surface area contributed by atoms with Crippen molar-refractivity contribution in [2.45, 2.75) is 65.8 Å². The molecule has 7 heteroatoms. The van der Waals surface area contributed by atoms with E-state index in [2.05, 4.69) is 59.2 Å². The Kier molecular flexibility index (Phi) is 13.4. The summed E-state index contributed by atoms with van der Waals surface area (Å²) in [4.78, 5) is 29.2. The number of benzene rings is 1. The first-order valence-electron chi connectivity index (χ1n) is 11.2. The zero-order chi connectivity index (χ0) is 22.4. The molecule has 6 nitrogen and oxygen atoms in total. The molecule has 0 bridgehead atoms. The van der Waals surface area contributed by atoms with Gasteiger partial charge in [0.25, 0.3) is 0 Å². The Morgan fingerprint density at radius 1 is 1.03 bits per heavy atom. The molecule has 1 atom stereocenters. The van der Waals surface area contributed by atoms with E-state index < -0.39 is 0 Å². The van der Waals surface area contributed by atoms with Crippen LogP contribution in [0, 0.1) is 0 Å². The number of unbranched alkanes of at least 4 members (excludes halogenated alkanes) is 1. The van der Waals surface area contributed by atoms with Crippen LogP contribution in [0.1, 0.15) is 59.8 Å². The standard InChI is InChI=1S/C23H39BrN4O2/c1-5-8-17-28(23(30)26-21-14-10-9-13-20(21)24)18-15-22(29)25-19(4)12-11-16-27(6-2)7-3/h9-10,13-14,19H,5-8,11-12,15-18H2,1-4H3,(H,25,29)(H,26,30). The zero-order valence-electron chi connectivity index (χ0n) is 19.0. The first-order chi connectivity index (χ1) is 14.4. The summed E-state index contributed by atoms with van der Waals surface area (Å²) in [5, 5.41) is 6.01. The highest BCUT2D eigenvalue weighted by molar-refractivity contribution is 9.10. The topological polar surface area (TPSA) is 64.7 Å². The first-order valence-corrected chi connectivity index (χ1v) is 12.0. The number of urea groups is 1. The Labute approximate surface area is 190 Å². The maximum Gasteiger partial charge on any atom is 0.321 e. The van der Waals surface area contributed by atoms with Gasteiger partial charge in [-0.3, -0.25) is 4.79 Å². The van der Waals surface area contributed by atoms with Gasteiger partial charge in [-0.05, 0) is 73.9 Å². The fourth-order valence-corrected chi connectivity index (χ4v) is 3.62. The smallest absolute Gasteiger partial charge is 0.321 e. The van der Waals surface area contributed by atoms with Crippen molar-refractivity contribution in [1.82, 2.24) is 15.1 Å². The largest absolute Gasteiger partial charge is 0.354 e. The first kappa shape index (κ1) is 26.4. The van der Waals surface area contributed by atoms with Crippen molar-refractivity contribution >= 4 is 33.6 Å². The normalized spacial score (nSPS) is 11.9. The predicted octanol–water partition coefficient (Wildman–Crippen LogP) is 5.10. The van der Waals surface area contributed by atoms with Crippen LogP contribution in [0.3, 0.4) is 0 Å². The van der Waals surface area contributed by atoms with Gasteiger partial charge in [0.2, 0.25) is 5.91 Å². The molecule has 0 fully saturated rings. The van der Waals surface area contributed by atoms with Gasteiger partial charge in [0, 0.05) is 30.0 Å². The van der Waals surface area contributed by atoms with E-state index >= 15 is 0 Å². The van der Waals surface area contributed by atoms with Crippen molar-refractivity contribution in [2.24, 2.45) is 0 Å². The molecule has 0 aliphatic rings. The number of nitrogens with one attached hydrogen (secondary N) is 2. The molecule has 30 heavy (non-hydrogen) atoms. The van der Waals surface area contributed by atoms with Crippen molar-refractivity contribution in [3.8, 4) is 0 Å². The molecule has 0 heterocycles. The van der Waals surface area contributed by atoms with E-state index in [0.29, 0.717) is 19.5 Å². The van der Waals surface area contributed by atoms with E-state index in [9.17, 15) is 9.59 Å². The van der Waals surface area contributed by atoms with Gasteiger partial charge in [-0.2, -0.15) is 0 Å². The van der Waals surface area contributed by atoms with Crippen LogP contribution >= 0.6 is 15.9 Å². The summed E-state index contributed by atoms with van der Waals surface area (Å²) in [5.41, 5.74) is 0.732. The van der Waals surface area contributed by atoms with Gasteiger partial charge < -0.3 is 20.4 Å². The lowest BCUT2D eigenvalue weighted by atomic mass is 10.1. The van der Waals surface area contributed by atoms with Crippen LogP contribution in [-0.2, 0) is 4.79 Å². The fourth-order valence-electron chi connectivity index (χ4n) is 3.24. The Bertz CT molecular complexity index is 637. The number of carbonyl (C=O) groups excluding carboxylic acids is 2. The molecule has 1 rings (SSSR count). The maximum absolute atomic E-state index is 12.7. The molecule has 0 spiro atoms. The molecule has 0 aliphatic heterocycles. The van der Waals surface area contributed by atoms with E-state index in [4.69, 9.17) is 0 Å². The molecule has 0 radical (unpaired) electrons. The summed E-state index contributed by atoms with van der Waals surface area (Å²) < 4.78 is 0.838. The lowest BCUT2D eigenvalue weighted by molar-refractivity contribution is -0.121. The van der Waals surface area contributed by atoms with Crippen LogP contribution in [0.25, 0.3) is 0 Å². The van der Waals surface area contributed by atoms with Crippen molar-refractivity contribution in [3.63, 3.8) is 0 Å². The molecule has 1 aromatic rings. The van der Waals surface area contributed by atoms with Gasteiger partial charge >= 0.3 is 6.03 Å². The number of rotatable bonds is 14. The molecule has 0 aliphatic carbocycles. The van der Waals surface area contributed by atoms with Gasteiger partial charge in [-0.25, -0.2) is 4.79 Å². The average molecular weight is 483 g/mol. The summed E-state index contributed by atoms with van der Waals surface area (Å²) in [7, 11) is 0. The van der Waals surface area contributed by atoms with Crippen molar-refractivity contribution in [1.29, 1.82) is 0 Å². The van der Waals surface area contributed by atoms with Crippen LogP contribution in [0.2, 0.25) is 0 Å². The minimum absolute atomic E-state index is 0.000490. The van der Waals surface area contributed by atoms with Crippen LogP contribution in [0.15, 0.2) is 28.7 Å². The molecular weight excluding hydrogens is 444 g/mol. The molecule has 0 saturated heterocycles. The number of halogens is 1. The molecule has 0 saturated carbocycles. The Morgan fingerprint density at radius 2 is 1.73 bits per heavy atom. The predicted molar refractivity (Wildman–Crippen MR) is 129 cm³/mol. The lowest BCUT2D eigenvalue weighted by Crippen LogP contribution is -2.40. The van der Waals surface area contributed by atoms with Gasteiger partial charge in [-0.1, -0.05) is 39.3 Å². The molecule has 1 aromatic carbocycles. The highest BCUT2D eigenvalue weighted by Crippen LogP contribution is 2.21.